The van der Waals surface area contributed by atoms with Gasteiger partial charge in [0.15, 0.2) is 23.0 Å². The number of phenols is 1. The number of hydrogen-bond acceptors (Lipinski definition) is 7. The van der Waals surface area contributed by atoms with E-state index in [1.165, 1.54) is 40.6 Å². The van der Waals surface area contributed by atoms with E-state index >= 15 is 0 Å². The minimum Gasteiger partial charge on any atom is -0.507 e. The lowest BCUT2D eigenvalue weighted by molar-refractivity contribution is 0.0921. The molecular formula is C20H18O7. The molecule has 1 aliphatic carbocycles. The van der Waals surface area contributed by atoms with Gasteiger partial charge in [-0.05, 0) is 23.8 Å². The Morgan fingerprint density at radius 1 is 0.778 bits per heavy atom. The van der Waals surface area contributed by atoms with Crippen molar-refractivity contribution in [3.8, 4) is 23.0 Å². The molecule has 0 heterocycles. The fourth-order valence-electron chi connectivity index (χ4n) is 3.05. The van der Waals surface area contributed by atoms with E-state index in [2.05, 4.69) is 0 Å². The van der Waals surface area contributed by atoms with Crippen molar-refractivity contribution in [3.63, 3.8) is 0 Å². The Kier molecular flexibility index (Phi) is 4.77. The highest BCUT2D eigenvalue weighted by atomic mass is 16.5. The smallest absolute Gasteiger partial charge is 0.232 e. The summed E-state index contributed by atoms with van der Waals surface area (Å²) in [5, 5.41) is 10.2. The second-order valence-electron chi connectivity index (χ2n) is 5.71. The van der Waals surface area contributed by atoms with Crippen LogP contribution in [0.2, 0.25) is 0 Å². The molecule has 0 unspecified atom stereocenters. The normalized spacial score (nSPS) is 13.3. The molecule has 0 radical (unpaired) electrons. The fraction of sp³-hybridized carbons (Fsp3) is 0.200. The van der Waals surface area contributed by atoms with Crippen molar-refractivity contribution < 1.29 is 33.6 Å². The van der Waals surface area contributed by atoms with Gasteiger partial charge in [0.2, 0.25) is 5.78 Å². The van der Waals surface area contributed by atoms with Crippen LogP contribution in [0.1, 0.15) is 26.3 Å². The average molecular weight is 370 g/mol. The molecule has 0 saturated heterocycles. The van der Waals surface area contributed by atoms with Gasteiger partial charge in [-0.3, -0.25) is 9.59 Å². The van der Waals surface area contributed by atoms with Crippen molar-refractivity contribution in [1.82, 2.24) is 0 Å². The van der Waals surface area contributed by atoms with Crippen LogP contribution in [0.4, 0.5) is 0 Å². The number of aromatic hydroxyl groups is 1. The van der Waals surface area contributed by atoms with Crippen LogP contribution in [-0.2, 0) is 4.74 Å². The molecule has 0 amide bonds. The molecule has 3 rings (SSSR count). The molecule has 0 aliphatic heterocycles. The zero-order chi connectivity index (χ0) is 19.7. The molecule has 2 aromatic rings. The molecule has 1 N–H and O–H groups in total. The van der Waals surface area contributed by atoms with Gasteiger partial charge in [0.25, 0.3) is 0 Å². The van der Waals surface area contributed by atoms with Crippen LogP contribution >= 0.6 is 0 Å². The number of hydrogen-bond donors (Lipinski definition) is 1. The Balaban J connectivity index is 2.25. The molecule has 0 bridgehead atoms. The summed E-state index contributed by atoms with van der Waals surface area (Å²) in [5.41, 5.74) is 0.434. The van der Waals surface area contributed by atoms with Crippen LogP contribution in [0.5, 0.6) is 23.0 Å². The number of benzene rings is 2. The lowest BCUT2D eigenvalue weighted by atomic mass is 9.84. The summed E-state index contributed by atoms with van der Waals surface area (Å²) in [4.78, 5) is 26.1. The SMILES string of the molecule is COC1=C(c2ccc(OC)c(OC)c2)C(=O)c2cc(OC)cc(O)c2C1=O. The van der Waals surface area contributed by atoms with Crippen molar-refractivity contribution in [3.05, 3.63) is 52.8 Å². The van der Waals surface area contributed by atoms with Crippen molar-refractivity contribution in [2.24, 2.45) is 0 Å². The lowest BCUT2D eigenvalue weighted by Gasteiger charge is -2.22. The van der Waals surface area contributed by atoms with Gasteiger partial charge in [0.05, 0.1) is 39.6 Å². The second kappa shape index (κ2) is 7.03. The van der Waals surface area contributed by atoms with Crippen molar-refractivity contribution in [2.75, 3.05) is 28.4 Å². The molecule has 1 aliphatic rings. The van der Waals surface area contributed by atoms with Crippen LogP contribution in [0.15, 0.2) is 36.1 Å². The number of fused-ring (bicyclic) bond motifs is 1. The van der Waals surface area contributed by atoms with Crippen LogP contribution in [0, 0.1) is 0 Å². The maximum Gasteiger partial charge on any atom is 0.232 e. The van der Waals surface area contributed by atoms with Crippen molar-refractivity contribution in [2.45, 2.75) is 0 Å². The number of ether oxygens (including phenoxy) is 4. The Hall–Kier alpha value is -3.48. The molecule has 0 fully saturated rings. The first-order valence-electron chi connectivity index (χ1n) is 7.97. The van der Waals surface area contributed by atoms with Crippen molar-refractivity contribution in [1.29, 1.82) is 0 Å². The first-order chi connectivity index (χ1) is 13.0. The van der Waals surface area contributed by atoms with E-state index in [0.29, 0.717) is 17.1 Å². The molecular weight excluding hydrogens is 352 g/mol. The summed E-state index contributed by atoms with van der Waals surface area (Å²) in [6.45, 7) is 0. The topological polar surface area (TPSA) is 91.3 Å². The van der Waals surface area contributed by atoms with Crippen LogP contribution in [-0.4, -0.2) is 45.1 Å². The molecule has 0 spiro atoms. The average Bonchev–Trinajstić information content (AvgIpc) is 2.69. The molecule has 140 valence electrons. The van der Waals surface area contributed by atoms with E-state index < -0.39 is 11.6 Å². The van der Waals surface area contributed by atoms with Gasteiger partial charge in [-0.15, -0.1) is 0 Å². The summed E-state index contributed by atoms with van der Waals surface area (Å²) >= 11 is 0. The number of Topliss-reactive ketones (excluding diaryl/α,β-unsaturated/α-hetero) is 2. The van der Waals surface area contributed by atoms with Crippen LogP contribution in [0.3, 0.4) is 0 Å². The zero-order valence-electron chi connectivity index (χ0n) is 15.3. The van der Waals surface area contributed by atoms with E-state index in [4.69, 9.17) is 18.9 Å². The number of allylic oxidation sites excluding steroid dienone is 2. The Bertz CT molecular complexity index is 973. The molecule has 7 nitrogen and oxygen atoms in total. The first kappa shape index (κ1) is 18.3. The third kappa shape index (κ3) is 2.87. The number of ketones is 2. The highest BCUT2D eigenvalue weighted by Crippen LogP contribution is 2.40. The summed E-state index contributed by atoms with van der Waals surface area (Å²) in [6.07, 6.45) is 0. The fourth-order valence-corrected chi connectivity index (χ4v) is 3.05. The predicted molar refractivity (Wildman–Crippen MR) is 96.8 cm³/mol. The maximum atomic E-state index is 13.2. The third-order valence-electron chi connectivity index (χ3n) is 4.34. The van der Waals surface area contributed by atoms with Crippen LogP contribution < -0.4 is 14.2 Å². The Labute approximate surface area is 155 Å². The zero-order valence-corrected chi connectivity index (χ0v) is 15.3. The molecule has 0 aromatic heterocycles. The molecule has 27 heavy (non-hydrogen) atoms. The van der Waals surface area contributed by atoms with Gasteiger partial charge < -0.3 is 24.1 Å². The molecule has 7 heteroatoms. The van der Waals surface area contributed by atoms with Gasteiger partial charge in [-0.1, -0.05) is 6.07 Å². The summed E-state index contributed by atoms with van der Waals surface area (Å²) in [7, 11) is 5.67. The van der Waals surface area contributed by atoms with Gasteiger partial charge in [0.1, 0.15) is 11.5 Å². The maximum absolute atomic E-state index is 13.2. The lowest BCUT2D eigenvalue weighted by Crippen LogP contribution is -2.22. The number of carbonyl (C=O) groups is 2. The molecule has 0 saturated carbocycles. The highest BCUT2D eigenvalue weighted by Gasteiger charge is 2.37. The van der Waals surface area contributed by atoms with Gasteiger partial charge in [-0.2, -0.15) is 0 Å². The quantitative estimate of drug-likeness (QED) is 0.865. The largest absolute Gasteiger partial charge is 0.507 e. The van der Waals surface area contributed by atoms with Gasteiger partial charge in [0, 0.05) is 11.6 Å². The minimum absolute atomic E-state index is 0.0439. The number of rotatable bonds is 5. The summed E-state index contributed by atoms with van der Waals surface area (Å²) < 4.78 is 20.8. The number of carbonyl (C=O) groups excluding carboxylic acids is 2. The Morgan fingerprint density at radius 2 is 1.48 bits per heavy atom. The van der Waals surface area contributed by atoms with Crippen LogP contribution in [0.25, 0.3) is 5.57 Å². The molecule has 0 atom stereocenters. The standard InChI is InChI=1S/C20H18O7/c1-24-11-8-12-17(13(21)9-11)19(23)20(27-4)16(18(12)22)10-5-6-14(25-2)15(7-10)26-3/h5-9,21H,1-4H3. The van der Waals surface area contributed by atoms with E-state index in [1.807, 2.05) is 0 Å². The van der Waals surface area contributed by atoms with E-state index in [1.54, 1.807) is 18.2 Å². The highest BCUT2D eigenvalue weighted by molar-refractivity contribution is 6.40. The third-order valence-corrected chi connectivity index (χ3v) is 4.34. The molecule has 2 aromatic carbocycles. The van der Waals surface area contributed by atoms with E-state index in [0.717, 1.165) is 0 Å². The second-order valence-corrected chi connectivity index (χ2v) is 5.71. The monoisotopic (exact) mass is 370 g/mol. The van der Waals surface area contributed by atoms with Gasteiger partial charge in [-0.25, -0.2) is 0 Å². The number of phenolic OH excluding ortho intramolecular Hbond substituents is 1. The number of methoxy groups -OCH3 is 4. The Morgan fingerprint density at radius 3 is 2.07 bits per heavy atom. The summed E-state index contributed by atoms with van der Waals surface area (Å²) in [6, 6.07) is 7.54. The van der Waals surface area contributed by atoms with Crippen molar-refractivity contribution >= 4 is 17.1 Å². The van der Waals surface area contributed by atoms with Gasteiger partial charge >= 0.3 is 0 Å². The van der Waals surface area contributed by atoms with E-state index in [9.17, 15) is 14.7 Å². The van der Waals surface area contributed by atoms with E-state index in [-0.39, 0.29) is 34.0 Å². The first-order valence-corrected chi connectivity index (χ1v) is 7.97. The predicted octanol–water partition coefficient (Wildman–Crippen LogP) is 2.85. The minimum atomic E-state index is -0.586. The summed E-state index contributed by atoms with van der Waals surface area (Å²) in [5.74, 6) is -0.406.